The predicted molar refractivity (Wildman–Crippen MR) is 111 cm³/mol. The van der Waals surface area contributed by atoms with E-state index in [-0.39, 0.29) is 0 Å². The van der Waals surface area contributed by atoms with Crippen LogP contribution >= 0.6 is 23.4 Å². The zero-order chi connectivity index (χ0) is 18.2. The van der Waals surface area contributed by atoms with E-state index in [1.807, 2.05) is 48.9 Å². The summed E-state index contributed by atoms with van der Waals surface area (Å²) in [4.78, 5) is 17.9. The Balaban J connectivity index is 1.61. The van der Waals surface area contributed by atoms with Crippen LogP contribution in [0.1, 0.15) is 11.3 Å². The number of nitrogens with one attached hydrogen (secondary N) is 2. The minimum Gasteiger partial charge on any atom is -0.346 e. The van der Waals surface area contributed by atoms with Crippen molar-refractivity contribution in [3.8, 4) is 0 Å². The molecule has 132 valence electrons. The smallest absolute Gasteiger partial charge is 0.138 e. The van der Waals surface area contributed by atoms with Gasteiger partial charge >= 0.3 is 0 Å². The van der Waals surface area contributed by atoms with Crippen LogP contribution in [0.2, 0.25) is 5.02 Å². The first kappa shape index (κ1) is 16.4. The molecule has 4 nitrogen and oxygen atoms in total. The highest BCUT2D eigenvalue weighted by Crippen LogP contribution is 2.37. The lowest BCUT2D eigenvalue weighted by Gasteiger charge is -2.06. The average molecular weight is 391 g/mol. The fourth-order valence-electron chi connectivity index (χ4n) is 3.27. The van der Waals surface area contributed by atoms with E-state index >= 15 is 0 Å². The standard InChI is InChI=1S/C21H15ClN4S/c22-14-3-5-15(6-4-14)27-19-17-2-1-9-23-21(17)26-18(19)12-13-7-10-24-20-16(13)8-11-25-20/h1-11H,12H2,(H,23,26)(H,24,25). The van der Waals surface area contributed by atoms with Crippen molar-refractivity contribution in [2.75, 3.05) is 0 Å². The van der Waals surface area contributed by atoms with Crippen molar-refractivity contribution in [2.45, 2.75) is 16.2 Å². The molecule has 2 N–H and O–H groups in total. The molecular weight excluding hydrogens is 376 g/mol. The number of hydrogen-bond donors (Lipinski definition) is 2. The van der Waals surface area contributed by atoms with Crippen LogP contribution in [0.15, 0.2) is 76.9 Å². The normalized spacial score (nSPS) is 11.4. The van der Waals surface area contributed by atoms with Gasteiger partial charge in [0.15, 0.2) is 0 Å². The highest BCUT2D eigenvalue weighted by molar-refractivity contribution is 7.99. The lowest BCUT2D eigenvalue weighted by atomic mass is 10.1. The van der Waals surface area contributed by atoms with Crippen LogP contribution in [0.4, 0.5) is 0 Å². The molecule has 0 spiro atoms. The van der Waals surface area contributed by atoms with Gasteiger partial charge in [-0.1, -0.05) is 23.4 Å². The molecule has 27 heavy (non-hydrogen) atoms. The van der Waals surface area contributed by atoms with E-state index in [4.69, 9.17) is 11.6 Å². The summed E-state index contributed by atoms with van der Waals surface area (Å²) in [6, 6.07) is 16.2. The van der Waals surface area contributed by atoms with E-state index in [2.05, 4.69) is 38.1 Å². The number of nitrogens with zero attached hydrogens (tertiary/aromatic N) is 2. The molecule has 0 aliphatic heterocycles. The Morgan fingerprint density at radius 1 is 0.889 bits per heavy atom. The van der Waals surface area contributed by atoms with E-state index in [9.17, 15) is 0 Å². The van der Waals surface area contributed by atoms with E-state index in [0.717, 1.165) is 44.1 Å². The molecule has 4 heterocycles. The van der Waals surface area contributed by atoms with Gasteiger partial charge in [-0.15, -0.1) is 0 Å². The van der Waals surface area contributed by atoms with Gasteiger partial charge in [0.25, 0.3) is 0 Å². The van der Waals surface area contributed by atoms with E-state index in [1.54, 1.807) is 11.8 Å². The molecule has 0 aliphatic carbocycles. The minimum atomic E-state index is 0.742. The van der Waals surface area contributed by atoms with Gasteiger partial charge in [0.1, 0.15) is 11.3 Å². The Morgan fingerprint density at radius 2 is 1.74 bits per heavy atom. The van der Waals surface area contributed by atoms with Crippen molar-refractivity contribution in [3.05, 3.63) is 83.4 Å². The second-order valence-corrected chi connectivity index (χ2v) is 7.80. The number of pyridine rings is 2. The maximum Gasteiger partial charge on any atom is 0.138 e. The number of aromatic nitrogens is 4. The zero-order valence-corrected chi connectivity index (χ0v) is 15.8. The average Bonchev–Trinajstić information content (AvgIpc) is 3.29. The van der Waals surface area contributed by atoms with E-state index in [0.29, 0.717) is 0 Å². The van der Waals surface area contributed by atoms with Gasteiger partial charge in [-0.3, -0.25) is 0 Å². The maximum absolute atomic E-state index is 6.04. The highest BCUT2D eigenvalue weighted by atomic mass is 35.5. The van der Waals surface area contributed by atoms with Crippen LogP contribution in [0, 0.1) is 0 Å². The van der Waals surface area contributed by atoms with Crippen molar-refractivity contribution in [3.63, 3.8) is 0 Å². The number of H-pyrrole nitrogens is 2. The molecule has 6 heteroatoms. The van der Waals surface area contributed by atoms with Gasteiger partial charge in [-0.2, -0.15) is 0 Å². The van der Waals surface area contributed by atoms with Gasteiger partial charge in [-0.25, -0.2) is 9.97 Å². The molecule has 0 atom stereocenters. The van der Waals surface area contributed by atoms with E-state index < -0.39 is 0 Å². The summed E-state index contributed by atoms with van der Waals surface area (Å²) in [5.41, 5.74) is 4.19. The summed E-state index contributed by atoms with van der Waals surface area (Å²) in [5, 5.41) is 3.02. The molecule has 0 amide bonds. The Bertz CT molecular complexity index is 1240. The molecule has 0 fully saturated rings. The molecule has 0 saturated heterocycles. The van der Waals surface area contributed by atoms with Crippen LogP contribution in [0.5, 0.6) is 0 Å². The zero-order valence-electron chi connectivity index (χ0n) is 14.2. The summed E-state index contributed by atoms with van der Waals surface area (Å²) in [6.07, 6.45) is 6.37. The molecule has 5 aromatic rings. The van der Waals surface area contributed by atoms with Gasteiger partial charge in [0.05, 0.1) is 0 Å². The molecular formula is C21H15ClN4S. The van der Waals surface area contributed by atoms with Crippen LogP contribution in [-0.4, -0.2) is 19.9 Å². The highest BCUT2D eigenvalue weighted by Gasteiger charge is 2.15. The molecule has 0 bridgehead atoms. The fourth-order valence-corrected chi connectivity index (χ4v) is 4.43. The van der Waals surface area contributed by atoms with Crippen molar-refractivity contribution in [2.24, 2.45) is 0 Å². The summed E-state index contributed by atoms with van der Waals surface area (Å²) in [7, 11) is 0. The van der Waals surface area contributed by atoms with Crippen LogP contribution in [-0.2, 0) is 6.42 Å². The topological polar surface area (TPSA) is 57.4 Å². The lowest BCUT2D eigenvalue weighted by Crippen LogP contribution is -1.92. The minimum absolute atomic E-state index is 0.742. The third kappa shape index (κ3) is 3.09. The first-order valence-electron chi connectivity index (χ1n) is 8.58. The number of fused-ring (bicyclic) bond motifs is 2. The predicted octanol–water partition coefficient (Wildman–Crippen LogP) is 5.83. The molecule has 0 saturated carbocycles. The number of benzene rings is 1. The SMILES string of the molecule is Clc1ccc(Sc2c(Cc3ccnc4[nH]ccc34)[nH]c3ncccc23)cc1. The third-order valence-corrected chi connectivity index (χ3v) is 5.98. The van der Waals surface area contributed by atoms with E-state index in [1.165, 1.54) is 10.5 Å². The second kappa shape index (κ2) is 6.76. The lowest BCUT2D eigenvalue weighted by molar-refractivity contribution is 1.07. The first-order chi connectivity index (χ1) is 13.3. The molecule has 0 aliphatic rings. The van der Waals surface area contributed by atoms with Gasteiger partial charge < -0.3 is 9.97 Å². The van der Waals surface area contributed by atoms with Gasteiger partial charge in [0.2, 0.25) is 0 Å². The maximum atomic E-state index is 6.04. The Labute approximate surface area is 165 Å². The van der Waals surface area contributed by atoms with Gasteiger partial charge in [-0.05, 0) is 54.1 Å². The largest absolute Gasteiger partial charge is 0.346 e. The fraction of sp³-hybridized carbons (Fsp3) is 0.0476. The Kier molecular flexibility index (Phi) is 4.11. The van der Waals surface area contributed by atoms with Crippen LogP contribution in [0.25, 0.3) is 22.1 Å². The summed E-state index contributed by atoms with van der Waals surface area (Å²) < 4.78 is 0. The summed E-state index contributed by atoms with van der Waals surface area (Å²) >= 11 is 7.77. The summed E-state index contributed by atoms with van der Waals surface area (Å²) in [5.74, 6) is 0. The molecule has 0 unspecified atom stereocenters. The Hall–Kier alpha value is -2.76. The van der Waals surface area contributed by atoms with Crippen LogP contribution < -0.4 is 0 Å². The molecule has 5 rings (SSSR count). The second-order valence-electron chi connectivity index (χ2n) is 6.28. The molecule has 1 aromatic carbocycles. The molecule has 0 radical (unpaired) electrons. The number of rotatable bonds is 4. The number of hydrogen-bond acceptors (Lipinski definition) is 3. The van der Waals surface area contributed by atoms with Gasteiger partial charge in [0, 0.05) is 56.3 Å². The monoisotopic (exact) mass is 390 g/mol. The number of halogens is 1. The van der Waals surface area contributed by atoms with Crippen molar-refractivity contribution in [1.82, 2.24) is 19.9 Å². The third-order valence-electron chi connectivity index (χ3n) is 4.55. The van der Waals surface area contributed by atoms with Crippen LogP contribution in [0.3, 0.4) is 0 Å². The quantitative estimate of drug-likeness (QED) is 0.405. The Morgan fingerprint density at radius 3 is 2.63 bits per heavy atom. The molecule has 4 aromatic heterocycles. The first-order valence-corrected chi connectivity index (χ1v) is 9.77. The van der Waals surface area contributed by atoms with Crippen molar-refractivity contribution >= 4 is 45.4 Å². The summed E-state index contributed by atoms with van der Waals surface area (Å²) in [6.45, 7) is 0. The van der Waals surface area contributed by atoms with Crippen molar-refractivity contribution in [1.29, 1.82) is 0 Å². The van der Waals surface area contributed by atoms with Crippen molar-refractivity contribution < 1.29 is 0 Å². The number of aromatic amines is 2.